The average Bonchev–Trinajstić information content (AvgIpc) is 2.75. The number of hydrogen-bond donors (Lipinski definition) is 1. The molecular weight excluding hydrogens is 339 g/mol. The Hall–Kier alpha value is -1.21. The molecule has 2 aliphatic heterocycles. The van der Waals surface area contributed by atoms with Crippen LogP contribution in [0.5, 0.6) is 0 Å². The summed E-state index contributed by atoms with van der Waals surface area (Å²) in [4.78, 5) is 2.30. The number of benzene rings is 1. The summed E-state index contributed by atoms with van der Waals surface area (Å²) in [5.41, 5.74) is 0.0320. The topological polar surface area (TPSA) is 15.3 Å². The fraction of sp³-hybridized carbons (Fsp3) is 0.667. The molecule has 0 amide bonds. The number of hydrogen-bond acceptors (Lipinski definition) is 2. The molecule has 3 fully saturated rings. The normalized spacial score (nSPS) is 30.9. The SMILES string of the molecule is FC1(F)CC(C(c2ccc(C(F)(F)F)cc2)N2C3CCC2CNC3)C1. The van der Waals surface area contributed by atoms with Crippen LogP contribution in [-0.2, 0) is 6.18 Å². The van der Waals surface area contributed by atoms with Crippen molar-refractivity contribution in [1.82, 2.24) is 10.2 Å². The molecular formula is C18H21F5N2. The minimum atomic E-state index is -4.38. The largest absolute Gasteiger partial charge is 0.416 e. The summed E-state index contributed by atoms with van der Waals surface area (Å²) < 4.78 is 65.5. The highest BCUT2D eigenvalue weighted by molar-refractivity contribution is 5.29. The number of alkyl halides is 5. The minimum absolute atomic E-state index is 0.179. The Morgan fingerprint density at radius 1 is 1.00 bits per heavy atom. The first-order valence-corrected chi connectivity index (χ1v) is 8.78. The zero-order valence-electron chi connectivity index (χ0n) is 13.7. The molecule has 1 N–H and O–H groups in total. The first kappa shape index (κ1) is 17.2. The summed E-state index contributed by atoms with van der Waals surface area (Å²) in [6.45, 7) is 1.63. The summed E-state index contributed by atoms with van der Waals surface area (Å²) in [6.07, 6.45) is -2.72. The number of nitrogens with zero attached hydrogens (tertiary/aromatic N) is 1. The molecule has 3 unspecified atom stereocenters. The van der Waals surface area contributed by atoms with Gasteiger partial charge >= 0.3 is 6.18 Å². The average molecular weight is 360 g/mol. The van der Waals surface area contributed by atoms with Gasteiger partial charge in [-0.05, 0) is 36.5 Å². The van der Waals surface area contributed by atoms with Gasteiger partial charge in [0.2, 0.25) is 5.92 Å². The Balaban J connectivity index is 1.64. The zero-order chi connectivity index (χ0) is 17.8. The van der Waals surface area contributed by atoms with E-state index in [4.69, 9.17) is 0 Å². The van der Waals surface area contributed by atoms with Gasteiger partial charge in [-0.1, -0.05) is 12.1 Å². The van der Waals surface area contributed by atoms with E-state index in [1.165, 1.54) is 12.1 Å². The Labute approximate surface area is 143 Å². The van der Waals surface area contributed by atoms with Crippen molar-refractivity contribution < 1.29 is 22.0 Å². The second-order valence-corrected chi connectivity index (χ2v) is 7.58. The van der Waals surface area contributed by atoms with Crippen molar-refractivity contribution in [2.24, 2.45) is 5.92 Å². The van der Waals surface area contributed by atoms with Crippen molar-refractivity contribution >= 4 is 0 Å². The predicted molar refractivity (Wildman–Crippen MR) is 83.4 cm³/mol. The van der Waals surface area contributed by atoms with Crippen LogP contribution in [0.2, 0.25) is 0 Å². The van der Waals surface area contributed by atoms with Crippen LogP contribution in [0.1, 0.15) is 42.9 Å². The first-order valence-electron chi connectivity index (χ1n) is 8.78. The van der Waals surface area contributed by atoms with Crippen LogP contribution in [-0.4, -0.2) is 36.0 Å². The molecule has 0 spiro atoms. The molecule has 138 valence electrons. The number of piperazine rings is 1. The maximum absolute atomic E-state index is 13.5. The third-order valence-corrected chi connectivity index (χ3v) is 5.91. The van der Waals surface area contributed by atoms with Gasteiger partial charge in [-0.25, -0.2) is 8.78 Å². The van der Waals surface area contributed by atoms with E-state index < -0.39 is 17.7 Å². The van der Waals surface area contributed by atoms with Gasteiger partial charge in [0.15, 0.2) is 0 Å². The van der Waals surface area contributed by atoms with Crippen LogP contribution in [0.4, 0.5) is 22.0 Å². The van der Waals surface area contributed by atoms with Gasteiger partial charge in [0, 0.05) is 44.1 Å². The monoisotopic (exact) mass is 360 g/mol. The minimum Gasteiger partial charge on any atom is -0.314 e. The lowest BCUT2D eigenvalue weighted by Gasteiger charge is -2.49. The fourth-order valence-electron chi connectivity index (χ4n) is 4.75. The van der Waals surface area contributed by atoms with Crippen molar-refractivity contribution in [3.63, 3.8) is 0 Å². The van der Waals surface area contributed by atoms with E-state index in [9.17, 15) is 22.0 Å². The van der Waals surface area contributed by atoms with E-state index in [0.717, 1.165) is 43.6 Å². The van der Waals surface area contributed by atoms with Gasteiger partial charge in [-0.15, -0.1) is 0 Å². The van der Waals surface area contributed by atoms with Crippen molar-refractivity contribution in [2.75, 3.05) is 13.1 Å². The summed E-state index contributed by atoms with van der Waals surface area (Å²) in [5, 5.41) is 3.36. The highest BCUT2D eigenvalue weighted by atomic mass is 19.4. The lowest BCUT2D eigenvalue weighted by Crippen LogP contribution is -2.56. The third kappa shape index (κ3) is 3.16. The third-order valence-electron chi connectivity index (χ3n) is 5.91. The van der Waals surface area contributed by atoms with E-state index in [-0.39, 0.29) is 36.9 Å². The molecule has 1 aliphatic carbocycles. The smallest absolute Gasteiger partial charge is 0.314 e. The zero-order valence-corrected chi connectivity index (χ0v) is 13.7. The van der Waals surface area contributed by atoms with E-state index in [2.05, 4.69) is 10.2 Å². The first-order chi connectivity index (χ1) is 11.7. The molecule has 2 nitrogen and oxygen atoms in total. The Kier molecular flexibility index (Phi) is 4.07. The van der Waals surface area contributed by atoms with E-state index >= 15 is 0 Å². The molecule has 4 rings (SSSR count). The Bertz CT molecular complexity index is 603. The molecule has 7 heteroatoms. The quantitative estimate of drug-likeness (QED) is 0.812. The molecule has 3 atom stereocenters. The molecule has 2 bridgehead atoms. The summed E-state index contributed by atoms with van der Waals surface area (Å²) >= 11 is 0. The van der Waals surface area contributed by atoms with Gasteiger partial charge in [-0.3, -0.25) is 4.90 Å². The van der Waals surface area contributed by atoms with Crippen molar-refractivity contribution in [3.05, 3.63) is 35.4 Å². The summed E-state index contributed by atoms with van der Waals surface area (Å²) in [7, 11) is 0. The van der Waals surface area contributed by atoms with E-state index in [1.54, 1.807) is 0 Å². The number of rotatable bonds is 3. The molecule has 1 aromatic rings. The van der Waals surface area contributed by atoms with Crippen LogP contribution in [0.25, 0.3) is 0 Å². The molecule has 25 heavy (non-hydrogen) atoms. The second-order valence-electron chi connectivity index (χ2n) is 7.58. The molecule has 2 saturated heterocycles. The standard InChI is InChI=1S/C18H21F5N2/c19-17(20)7-12(8-17)16(25-14-5-6-15(25)10-24-9-14)11-1-3-13(4-2-11)18(21,22)23/h1-4,12,14-16,24H,5-10H2. The summed E-state index contributed by atoms with van der Waals surface area (Å²) in [5.74, 6) is -2.84. The highest BCUT2D eigenvalue weighted by Crippen LogP contribution is 2.52. The van der Waals surface area contributed by atoms with E-state index in [0.29, 0.717) is 0 Å². The maximum atomic E-state index is 13.5. The summed E-state index contributed by atoms with van der Waals surface area (Å²) in [6, 6.07) is 5.44. The van der Waals surface area contributed by atoms with Crippen LogP contribution >= 0.6 is 0 Å². The molecule has 3 aliphatic rings. The lowest BCUT2D eigenvalue weighted by molar-refractivity contribution is -0.138. The number of halogens is 5. The fourth-order valence-corrected chi connectivity index (χ4v) is 4.75. The van der Waals surface area contributed by atoms with Crippen LogP contribution in [0.3, 0.4) is 0 Å². The molecule has 0 radical (unpaired) electrons. The van der Waals surface area contributed by atoms with Crippen LogP contribution < -0.4 is 5.32 Å². The van der Waals surface area contributed by atoms with Crippen molar-refractivity contribution in [1.29, 1.82) is 0 Å². The number of fused-ring (bicyclic) bond motifs is 2. The van der Waals surface area contributed by atoms with Crippen LogP contribution in [0, 0.1) is 5.92 Å². The molecule has 0 aromatic heterocycles. The number of nitrogens with one attached hydrogen (secondary N) is 1. The van der Waals surface area contributed by atoms with E-state index in [1.807, 2.05) is 0 Å². The van der Waals surface area contributed by atoms with Gasteiger partial charge in [0.05, 0.1) is 5.56 Å². The molecule has 1 aromatic carbocycles. The predicted octanol–water partition coefficient (Wildman–Crippen LogP) is 4.23. The van der Waals surface area contributed by atoms with Crippen LogP contribution in [0.15, 0.2) is 24.3 Å². The lowest BCUT2D eigenvalue weighted by atomic mass is 9.73. The van der Waals surface area contributed by atoms with Crippen molar-refractivity contribution in [2.45, 2.75) is 55.9 Å². The van der Waals surface area contributed by atoms with Crippen molar-refractivity contribution in [3.8, 4) is 0 Å². The highest BCUT2D eigenvalue weighted by Gasteiger charge is 2.53. The Morgan fingerprint density at radius 3 is 2.04 bits per heavy atom. The van der Waals surface area contributed by atoms with Gasteiger partial charge in [0.1, 0.15) is 0 Å². The molecule has 2 heterocycles. The maximum Gasteiger partial charge on any atom is 0.416 e. The second kappa shape index (κ2) is 5.91. The Morgan fingerprint density at radius 2 is 1.56 bits per heavy atom. The molecule has 1 saturated carbocycles. The van der Waals surface area contributed by atoms with Gasteiger partial charge in [-0.2, -0.15) is 13.2 Å². The van der Waals surface area contributed by atoms with Gasteiger partial charge < -0.3 is 5.32 Å². The van der Waals surface area contributed by atoms with Gasteiger partial charge in [0.25, 0.3) is 0 Å².